The van der Waals surface area contributed by atoms with Crippen molar-refractivity contribution in [3.63, 3.8) is 0 Å². The second-order valence-corrected chi connectivity index (χ2v) is 6.77. The molecule has 0 aliphatic carbocycles. The van der Waals surface area contributed by atoms with E-state index in [0.717, 1.165) is 0 Å². The number of hydrogen-bond donors (Lipinski definition) is 1. The molecular formula is C23H20ClNO4. The number of carbonyl (C=O) groups excluding carboxylic acids is 2. The van der Waals surface area contributed by atoms with Gasteiger partial charge in [-0.15, -0.1) is 0 Å². The van der Waals surface area contributed by atoms with Crippen LogP contribution in [0.5, 0.6) is 11.5 Å². The van der Waals surface area contributed by atoms with Crippen LogP contribution in [-0.4, -0.2) is 24.9 Å². The molecule has 0 radical (unpaired) electrons. The molecule has 0 spiro atoms. The minimum Gasteiger partial charge on any atom is -0.497 e. The number of carbonyl (C=O) groups is 2. The zero-order valence-corrected chi connectivity index (χ0v) is 16.8. The van der Waals surface area contributed by atoms with Gasteiger partial charge in [0, 0.05) is 21.8 Å². The lowest BCUT2D eigenvalue weighted by atomic mass is 10.1. The topological polar surface area (TPSA) is 64.6 Å². The Labute approximate surface area is 174 Å². The molecule has 1 N–H and O–H groups in total. The molecule has 5 nitrogen and oxygen atoms in total. The summed E-state index contributed by atoms with van der Waals surface area (Å²) in [5.41, 5.74) is 1.67. The predicted molar refractivity (Wildman–Crippen MR) is 113 cm³/mol. The molecule has 148 valence electrons. The normalized spacial score (nSPS) is 11.4. The summed E-state index contributed by atoms with van der Waals surface area (Å²) in [6.45, 7) is 1.70. The fourth-order valence-corrected chi connectivity index (χ4v) is 2.79. The minimum absolute atomic E-state index is 0.132. The van der Waals surface area contributed by atoms with Crippen molar-refractivity contribution in [3.05, 3.63) is 88.9 Å². The van der Waals surface area contributed by atoms with E-state index in [1.807, 2.05) is 0 Å². The van der Waals surface area contributed by atoms with Gasteiger partial charge in [-0.2, -0.15) is 0 Å². The van der Waals surface area contributed by atoms with Crippen molar-refractivity contribution in [1.29, 1.82) is 0 Å². The Morgan fingerprint density at radius 2 is 1.38 bits per heavy atom. The SMILES string of the molecule is COc1ccc(C(=O)[C@H](C)Oc2ccc(NC(=O)c3ccc(Cl)cc3)cc2)cc1. The van der Waals surface area contributed by atoms with Crippen LogP contribution in [0.4, 0.5) is 5.69 Å². The van der Waals surface area contributed by atoms with Gasteiger partial charge in [-0.3, -0.25) is 9.59 Å². The Bertz CT molecular complexity index is 983. The molecule has 0 aliphatic heterocycles. The first-order chi connectivity index (χ1) is 14.0. The van der Waals surface area contributed by atoms with Crippen LogP contribution in [-0.2, 0) is 0 Å². The molecule has 3 aromatic rings. The molecule has 3 rings (SSSR count). The van der Waals surface area contributed by atoms with Gasteiger partial charge in [0.15, 0.2) is 6.10 Å². The van der Waals surface area contributed by atoms with Crippen LogP contribution in [0.15, 0.2) is 72.8 Å². The number of methoxy groups -OCH3 is 1. The lowest BCUT2D eigenvalue weighted by molar-refractivity contribution is 0.0818. The Morgan fingerprint density at radius 3 is 1.97 bits per heavy atom. The highest BCUT2D eigenvalue weighted by Gasteiger charge is 2.17. The van der Waals surface area contributed by atoms with Crippen LogP contribution in [0, 0.1) is 0 Å². The van der Waals surface area contributed by atoms with E-state index in [-0.39, 0.29) is 11.7 Å². The number of ether oxygens (including phenoxy) is 2. The van der Waals surface area contributed by atoms with Crippen LogP contribution >= 0.6 is 11.6 Å². The molecule has 0 aromatic heterocycles. The van der Waals surface area contributed by atoms with Gasteiger partial charge in [-0.05, 0) is 79.7 Å². The predicted octanol–water partition coefficient (Wildman–Crippen LogP) is 5.25. The number of amides is 1. The first-order valence-electron chi connectivity index (χ1n) is 8.98. The van der Waals surface area contributed by atoms with Crippen LogP contribution in [0.25, 0.3) is 0 Å². The quantitative estimate of drug-likeness (QED) is 0.541. The summed E-state index contributed by atoms with van der Waals surface area (Å²) in [6, 6.07) is 20.3. The third-order valence-corrected chi connectivity index (χ3v) is 4.53. The molecule has 29 heavy (non-hydrogen) atoms. The summed E-state index contributed by atoms with van der Waals surface area (Å²) in [5, 5.41) is 3.37. The highest BCUT2D eigenvalue weighted by molar-refractivity contribution is 6.30. The van der Waals surface area contributed by atoms with E-state index >= 15 is 0 Å². The first kappa shape index (κ1) is 20.4. The Balaban J connectivity index is 1.59. The second-order valence-electron chi connectivity index (χ2n) is 6.34. The molecule has 3 aromatic carbocycles. The average Bonchev–Trinajstić information content (AvgIpc) is 2.75. The van der Waals surface area contributed by atoms with Crippen molar-refractivity contribution < 1.29 is 19.1 Å². The number of Topliss-reactive ketones (excluding diaryl/α,β-unsaturated/α-hetero) is 1. The van der Waals surface area contributed by atoms with E-state index in [1.165, 1.54) is 0 Å². The number of benzene rings is 3. The van der Waals surface area contributed by atoms with Gasteiger partial charge in [0.05, 0.1) is 7.11 Å². The zero-order chi connectivity index (χ0) is 20.8. The summed E-state index contributed by atoms with van der Waals surface area (Å²) < 4.78 is 10.8. The fourth-order valence-electron chi connectivity index (χ4n) is 2.67. The third kappa shape index (κ3) is 5.36. The monoisotopic (exact) mass is 409 g/mol. The zero-order valence-electron chi connectivity index (χ0n) is 16.0. The maximum Gasteiger partial charge on any atom is 0.255 e. The number of rotatable bonds is 7. The van der Waals surface area contributed by atoms with Gasteiger partial charge < -0.3 is 14.8 Å². The summed E-state index contributed by atoms with van der Waals surface area (Å²) in [4.78, 5) is 24.8. The van der Waals surface area contributed by atoms with Crippen molar-refractivity contribution in [2.24, 2.45) is 0 Å². The highest BCUT2D eigenvalue weighted by atomic mass is 35.5. The lowest BCUT2D eigenvalue weighted by Crippen LogP contribution is -2.23. The van der Waals surface area contributed by atoms with Crippen molar-refractivity contribution >= 4 is 29.0 Å². The Hall–Kier alpha value is -3.31. The maximum absolute atomic E-state index is 12.5. The van der Waals surface area contributed by atoms with Gasteiger partial charge in [-0.1, -0.05) is 11.6 Å². The first-order valence-corrected chi connectivity index (χ1v) is 9.36. The number of ketones is 1. The van der Waals surface area contributed by atoms with E-state index in [0.29, 0.717) is 33.3 Å². The smallest absolute Gasteiger partial charge is 0.255 e. The van der Waals surface area contributed by atoms with Gasteiger partial charge >= 0.3 is 0 Å². The summed E-state index contributed by atoms with van der Waals surface area (Å²) in [7, 11) is 1.57. The number of hydrogen-bond acceptors (Lipinski definition) is 4. The average molecular weight is 410 g/mol. The molecule has 0 saturated carbocycles. The van der Waals surface area contributed by atoms with E-state index in [9.17, 15) is 9.59 Å². The number of halogens is 1. The van der Waals surface area contributed by atoms with E-state index < -0.39 is 6.10 Å². The van der Waals surface area contributed by atoms with Gasteiger partial charge in [0.2, 0.25) is 5.78 Å². The molecule has 6 heteroatoms. The van der Waals surface area contributed by atoms with Gasteiger partial charge in [0.25, 0.3) is 5.91 Å². The van der Waals surface area contributed by atoms with Crippen molar-refractivity contribution in [1.82, 2.24) is 0 Å². The Morgan fingerprint density at radius 1 is 0.828 bits per heavy atom. The Kier molecular flexibility index (Phi) is 6.52. The standard InChI is InChI=1S/C23H20ClNO4/c1-15(22(26)16-5-11-20(28-2)12-6-16)29-21-13-9-19(10-14-21)25-23(27)17-3-7-18(24)8-4-17/h3-15H,1-2H3,(H,25,27)/t15-/m0/s1. The van der Waals surface area contributed by atoms with Gasteiger partial charge in [0.1, 0.15) is 11.5 Å². The largest absolute Gasteiger partial charge is 0.497 e. The van der Waals surface area contributed by atoms with Crippen LogP contribution in [0.1, 0.15) is 27.6 Å². The van der Waals surface area contributed by atoms with Crippen LogP contribution < -0.4 is 14.8 Å². The van der Waals surface area contributed by atoms with E-state index in [1.54, 1.807) is 86.8 Å². The van der Waals surface area contributed by atoms with Crippen molar-refractivity contribution in [2.45, 2.75) is 13.0 Å². The molecular weight excluding hydrogens is 390 g/mol. The molecule has 1 atom stereocenters. The summed E-state index contributed by atoms with van der Waals surface area (Å²) in [6.07, 6.45) is -0.655. The molecule has 0 unspecified atom stereocenters. The van der Waals surface area contributed by atoms with Crippen LogP contribution in [0.3, 0.4) is 0 Å². The molecule has 1 amide bonds. The van der Waals surface area contributed by atoms with Crippen LogP contribution in [0.2, 0.25) is 5.02 Å². The van der Waals surface area contributed by atoms with Gasteiger partial charge in [-0.25, -0.2) is 0 Å². The number of nitrogens with one attached hydrogen (secondary N) is 1. The molecule has 0 aliphatic rings. The summed E-state index contributed by atoms with van der Waals surface area (Å²) in [5.74, 6) is 0.848. The molecule has 0 heterocycles. The second kappa shape index (κ2) is 9.26. The fraction of sp³-hybridized carbons (Fsp3) is 0.130. The van der Waals surface area contributed by atoms with E-state index in [2.05, 4.69) is 5.32 Å². The van der Waals surface area contributed by atoms with E-state index in [4.69, 9.17) is 21.1 Å². The lowest BCUT2D eigenvalue weighted by Gasteiger charge is -2.14. The molecule has 0 saturated heterocycles. The van der Waals surface area contributed by atoms with Crippen molar-refractivity contribution in [3.8, 4) is 11.5 Å². The number of anilines is 1. The third-order valence-electron chi connectivity index (χ3n) is 4.28. The molecule has 0 fully saturated rings. The summed E-state index contributed by atoms with van der Waals surface area (Å²) >= 11 is 5.84. The van der Waals surface area contributed by atoms with Crippen molar-refractivity contribution in [2.75, 3.05) is 12.4 Å². The maximum atomic E-state index is 12.5. The minimum atomic E-state index is -0.655. The molecule has 0 bridgehead atoms. The highest BCUT2D eigenvalue weighted by Crippen LogP contribution is 2.20.